The van der Waals surface area contributed by atoms with Crippen LogP contribution >= 0.6 is 11.3 Å². The predicted octanol–water partition coefficient (Wildman–Crippen LogP) is 3.04. The van der Waals surface area contributed by atoms with Crippen LogP contribution in [0.25, 0.3) is 10.4 Å². The maximum absolute atomic E-state index is 13.6. The van der Waals surface area contributed by atoms with Crippen LogP contribution in [0.15, 0.2) is 29.8 Å². The van der Waals surface area contributed by atoms with Gasteiger partial charge in [0.05, 0.1) is 22.2 Å². The molecule has 1 aromatic heterocycles. The number of nitrogens with one attached hydrogen (secondary N) is 2. The third-order valence-corrected chi connectivity index (χ3v) is 7.56. The lowest BCUT2D eigenvalue weighted by Crippen LogP contribution is -2.58. The number of benzene rings is 1. The maximum atomic E-state index is 13.6. The number of aliphatic hydroxyl groups is 1. The van der Waals surface area contributed by atoms with Gasteiger partial charge in [0, 0.05) is 26.1 Å². The van der Waals surface area contributed by atoms with Crippen LogP contribution < -0.4 is 10.6 Å². The van der Waals surface area contributed by atoms with Crippen LogP contribution in [0.3, 0.4) is 0 Å². The first-order chi connectivity index (χ1) is 18.0. The fourth-order valence-corrected chi connectivity index (χ4v) is 5.21. The van der Waals surface area contributed by atoms with Gasteiger partial charge in [-0.25, -0.2) is 4.98 Å². The fourth-order valence-electron chi connectivity index (χ4n) is 4.39. The monoisotopic (exact) mass is 544 g/mol. The van der Waals surface area contributed by atoms with Gasteiger partial charge in [0.1, 0.15) is 18.7 Å². The second-order valence-electron chi connectivity index (χ2n) is 10.9. The number of aryl methyl sites for hydroxylation is 1. The minimum atomic E-state index is -0.867. The standard InChI is InChI=1S/C28H40N4O5S/c1-6-7-12-37-16-23(34)31-25(28(3,4)5)27(36)32-15-21(33)13-22(32)26(35)29-14-19-8-10-20(11-9-19)24-18(2)30-17-38-24/h8-11,17,21-22,25,33H,6-7,12-16H2,1-5H3,(H,29,35)(H,31,34)/t21-,22+,25-/m1/s1. The van der Waals surface area contributed by atoms with Crippen molar-refractivity contribution >= 4 is 29.1 Å². The number of ether oxygens (including phenoxy) is 1. The molecule has 3 N–H and O–H groups in total. The van der Waals surface area contributed by atoms with Crippen molar-refractivity contribution in [3.8, 4) is 10.4 Å². The zero-order valence-corrected chi connectivity index (χ0v) is 23.8. The Morgan fingerprint density at radius 3 is 2.55 bits per heavy atom. The number of carbonyl (C=O) groups excluding carboxylic acids is 3. The molecule has 3 atom stereocenters. The average Bonchev–Trinajstić information content (AvgIpc) is 3.48. The zero-order chi connectivity index (χ0) is 27.9. The van der Waals surface area contributed by atoms with Crippen molar-refractivity contribution in [3.63, 3.8) is 0 Å². The molecule has 0 spiro atoms. The van der Waals surface area contributed by atoms with E-state index in [9.17, 15) is 19.5 Å². The predicted molar refractivity (Wildman–Crippen MR) is 147 cm³/mol. The van der Waals surface area contributed by atoms with Crippen molar-refractivity contribution in [2.45, 2.75) is 78.6 Å². The third-order valence-electron chi connectivity index (χ3n) is 6.59. The molecule has 10 heteroatoms. The van der Waals surface area contributed by atoms with Crippen LogP contribution in [0.1, 0.15) is 58.2 Å². The Labute approximate surface area is 229 Å². The molecule has 1 fully saturated rings. The van der Waals surface area contributed by atoms with Crippen molar-refractivity contribution in [2.75, 3.05) is 19.8 Å². The van der Waals surface area contributed by atoms with Gasteiger partial charge >= 0.3 is 0 Å². The Morgan fingerprint density at radius 2 is 1.95 bits per heavy atom. The Bertz CT molecular complexity index is 1100. The van der Waals surface area contributed by atoms with Crippen molar-refractivity contribution in [2.24, 2.45) is 5.41 Å². The first-order valence-electron chi connectivity index (χ1n) is 13.1. The van der Waals surface area contributed by atoms with E-state index in [-0.39, 0.29) is 37.3 Å². The molecule has 0 unspecified atom stereocenters. The van der Waals surface area contributed by atoms with Crippen LogP contribution in [-0.4, -0.2) is 70.7 Å². The molecule has 3 rings (SSSR count). The summed E-state index contributed by atoms with van der Waals surface area (Å²) >= 11 is 1.58. The molecule has 0 aliphatic carbocycles. The van der Waals surface area contributed by atoms with Crippen molar-refractivity contribution in [1.82, 2.24) is 20.5 Å². The highest BCUT2D eigenvalue weighted by molar-refractivity contribution is 7.13. The number of carbonyl (C=O) groups is 3. The smallest absolute Gasteiger partial charge is 0.246 e. The number of β-amino-alcohol motifs (C(OH)–C–C–N with tert-alkyl or cyclic N) is 1. The van der Waals surface area contributed by atoms with Gasteiger partial charge in [-0.3, -0.25) is 14.4 Å². The first-order valence-corrected chi connectivity index (χ1v) is 14.0. The highest BCUT2D eigenvalue weighted by Gasteiger charge is 2.44. The van der Waals surface area contributed by atoms with E-state index in [0.29, 0.717) is 13.2 Å². The van der Waals surface area contributed by atoms with Crippen LogP contribution in [-0.2, 0) is 25.7 Å². The molecule has 1 aliphatic heterocycles. The molecule has 9 nitrogen and oxygen atoms in total. The number of likely N-dealkylation sites (tertiary alicyclic amines) is 1. The van der Waals surface area contributed by atoms with Crippen LogP contribution in [0.4, 0.5) is 0 Å². The SMILES string of the molecule is CCCCOCC(=O)N[C@H](C(=O)N1C[C@H](O)C[C@H]1C(=O)NCc1ccc(-c2scnc2C)cc1)C(C)(C)C. The molecule has 1 aromatic carbocycles. The summed E-state index contributed by atoms with van der Waals surface area (Å²) in [5.41, 5.74) is 4.18. The number of hydrogen-bond donors (Lipinski definition) is 3. The summed E-state index contributed by atoms with van der Waals surface area (Å²) in [7, 11) is 0. The summed E-state index contributed by atoms with van der Waals surface area (Å²) in [6.45, 7) is 10.3. The normalized spacial score (nSPS) is 18.3. The molecular weight excluding hydrogens is 504 g/mol. The van der Waals surface area contributed by atoms with Gasteiger partial charge in [0.2, 0.25) is 17.7 Å². The van der Waals surface area contributed by atoms with E-state index < -0.39 is 23.6 Å². The molecule has 1 saturated heterocycles. The number of aromatic nitrogens is 1. The molecule has 0 radical (unpaired) electrons. The molecule has 1 aliphatic rings. The molecule has 2 aromatic rings. The van der Waals surface area contributed by atoms with Crippen LogP contribution in [0.5, 0.6) is 0 Å². The molecule has 0 saturated carbocycles. The highest BCUT2D eigenvalue weighted by Crippen LogP contribution is 2.28. The number of nitrogens with zero attached hydrogens (tertiary/aromatic N) is 2. The molecule has 2 heterocycles. The van der Waals surface area contributed by atoms with Crippen LogP contribution in [0, 0.1) is 12.3 Å². The summed E-state index contributed by atoms with van der Waals surface area (Å²) in [4.78, 5) is 46.0. The number of aliphatic hydroxyl groups excluding tert-OH is 1. The minimum Gasteiger partial charge on any atom is -0.391 e. The third kappa shape index (κ3) is 7.85. The number of rotatable bonds is 11. The van der Waals surface area contributed by atoms with E-state index in [1.807, 2.05) is 64.4 Å². The van der Waals surface area contributed by atoms with E-state index in [0.717, 1.165) is 34.5 Å². The lowest BCUT2D eigenvalue weighted by atomic mass is 9.85. The summed E-state index contributed by atoms with van der Waals surface area (Å²) in [6, 6.07) is 6.22. The summed E-state index contributed by atoms with van der Waals surface area (Å²) < 4.78 is 5.40. The van der Waals surface area contributed by atoms with E-state index in [1.54, 1.807) is 11.3 Å². The van der Waals surface area contributed by atoms with Gasteiger partial charge in [-0.1, -0.05) is 58.4 Å². The zero-order valence-electron chi connectivity index (χ0n) is 23.0. The fraction of sp³-hybridized carbons (Fsp3) is 0.571. The van der Waals surface area contributed by atoms with Gasteiger partial charge in [-0.15, -0.1) is 11.3 Å². The van der Waals surface area contributed by atoms with Gasteiger partial charge < -0.3 is 25.4 Å². The number of unbranched alkanes of at least 4 members (excludes halogenated alkanes) is 1. The Kier molecular flexibility index (Phi) is 10.4. The lowest BCUT2D eigenvalue weighted by Gasteiger charge is -2.35. The Morgan fingerprint density at radius 1 is 1.24 bits per heavy atom. The number of hydrogen-bond acceptors (Lipinski definition) is 7. The van der Waals surface area contributed by atoms with Crippen molar-refractivity contribution < 1.29 is 24.2 Å². The molecule has 208 valence electrons. The van der Waals surface area contributed by atoms with E-state index in [2.05, 4.69) is 15.6 Å². The maximum Gasteiger partial charge on any atom is 0.246 e. The number of amides is 3. The minimum absolute atomic E-state index is 0.0370. The Hall–Kier alpha value is -2.82. The van der Waals surface area contributed by atoms with Gasteiger partial charge in [-0.2, -0.15) is 0 Å². The summed E-state index contributed by atoms with van der Waals surface area (Å²) in [5.74, 6) is -1.10. The van der Waals surface area contributed by atoms with Crippen LogP contribution in [0.2, 0.25) is 0 Å². The molecular formula is C28H40N4O5S. The van der Waals surface area contributed by atoms with Gasteiger partial charge in [0.25, 0.3) is 0 Å². The highest BCUT2D eigenvalue weighted by atomic mass is 32.1. The van der Waals surface area contributed by atoms with E-state index in [4.69, 9.17) is 4.74 Å². The topological polar surface area (TPSA) is 121 Å². The quantitative estimate of drug-likeness (QED) is 0.374. The van der Waals surface area contributed by atoms with Crippen molar-refractivity contribution in [3.05, 3.63) is 41.0 Å². The molecule has 38 heavy (non-hydrogen) atoms. The Balaban J connectivity index is 1.63. The van der Waals surface area contributed by atoms with E-state index in [1.165, 1.54) is 4.90 Å². The summed E-state index contributed by atoms with van der Waals surface area (Å²) in [6.07, 6.45) is 1.15. The molecule has 0 bridgehead atoms. The second-order valence-corrected chi connectivity index (χ2v) is 11.7. The average molecular weight is 545 g/mol. The number of thiazole rings is 1. The van der Waals surface area contributed by atoms with Gasteiger partial charge in [-0.05, 0) is 29.9 Å². The first kappa shape index (κ1) is 29.7. The second kappa shape index (κ2) is 13.3. The lowest BCUT2D eigenvalue weighted by molar-refractivity contribution is -0.144. The van der Waals surface area contributed by atoms with Crippen molar-refractivity contribution in [1.29, 1.82) is 0 Å². The molecule has 3 amide bonds. The summed E-state index contributed by atoms with van der Waals surface area (Å²) in [5, 5.41) is 16.0. The van der Waals surface area contributed by atoms with Gasteiger partial charge in [0.15, 0.2) is 0 Å². The van der Waals surface area contributed by atoms with E-state index >= 15 is 0 Å². The largest absolute Gasteiger partial charge is 0.391 e.